The van der Waals surface area contributed by atoms with Gasteiger partial charge in [0.25, 0.3) is 0 Å². The van der Waals surface area contributed by atoms with E-state index in [0.29, 0.717) is 5.58 Å². The number of hydrogen-bond acceptors (Lipinski definition) is 5. The van der Waals surface area contributed by atoms with Crippen molar-refractivity contribution in [2.75, 3.05) is 0 Å². The topological polar surface area (TPSA) is 43.9 Å². The Kier molecular flexibility index (Phi) is 6.73. The molecule has 0 atom stereocenters. The van der Waals surface area contributed by atoms with Gasteiger partial charge in [0.15, 0.2) is 5.58 Å². The van der Waals surface area contributed by atoms with Crippen LogP contribution in [0.1, 0.15) is 0 Å². The summed E-state index contributed by atoms with van der Waals surface area (Å²) >= 11 is 3.73. The van der Waals surface area contributed by atoms with Crippen molar-refractivity contribution in [2.45, 2.75) is 0 Å². The van der Waals surface area contributed by atoms with Gasteiger partial charge < -0.3 is 8.98 Å². The molecule has 5 aromatic heterocycles. The largest absolute Gasteiger partial charge is 0.452 e. The number of thiophene rings is 2. The van der Waals surface area contributed by atoms with E-state index in [1.165, 1.54) is 67.7 Å². The Bertz CT molecular complexity index is 3830. The summed E-state index contributed by atoms with van der Waals surface area (Å²) in [4.78, 5) is 9.60. The lowest BCUT2D eigenvalue weighted by Crippen LogP contribution is -1.94. The first-order valence-electron chi connectivity index (χ1n) is 19.4. The number of aromatic nitrogens is 3. The van der Waals surface area contributed by atoms with Crippen LogP contribution in [0.5, 0.6) is 0 Å². The van der Waals surface area contributed by atoms with Crippen LogP contribution in [0.2, 0.25) is 0 Å². The zero-order valence-electron chi connectivity index (χ0n) is 30.8. The Morgan fingerprint density at radius 3 is 2.02 bits per heavy atom. The number of furan rings is 1. The minimum absolute atomic E-state index is 0.693. The van der Waals surface area contributed by atoms with Gasteiger partial charge in [-0.1, -0.05) is 115 Å². The first-order valence-corrected chi connectivity index (χ1v) is 21.0. The summed E-state index contributed by atoms with van der Waals surface area (Å²) in [5, 5.41) is 8.76. The Hall–Kier alpha value is -7.12. The molecule has 0 N–H and O–H groups in total. The molecule has 58 heavy (non-hydrogen) atoms. The number of nitrogens with zero attached hydrogens (tertiary/aromatic N) is 3. The van der Waals surface area contributed by atoms with E-state index >= 15 is 0 Å². The summed E-state index contributed by atoms with van der Waals surface area (Å²) in [5.41, 5.74) is 12.2. The van der Waals surface area contributed by atoms with E-state index < -0.39 is 0 Å². The summed E-state index contributed by atoms with van der Waals surface area (Å²) in [6, 6.07) is 61.3. The molecular weight excluding hydrogens is 747 g/mol. The quantitative estimate of drug-likeness (QED) is 0.179. The molecule has 0 aliphatic rings. The van der Waals surface area contributed by atoms with Crippen LogP contribution >= 0.6 is 22.7 Å². The smallest absolute Gasteiger partial charge is 0.180 e. The van der Waals surface area contributed by atoms with E-state index in [4.69, 9.17) is 14.4 Å². The van der Waals surface area contributed by atoms with Crippen LogP contribution in [0, 0.1) is 0 Å². The van der Waals surface area contributed by atoms with Gasteiger partial charge in [-0.15, -0.1) is 22.7 Å². The number of benzene rings is 8. The minimum atomic E-state index is 0.693. The summed E-state index contributed by atoms with van der Waals surface area (Å²) in [5.74, 6) is 0. The van der Waals surface area contributed by atoms with Crippen LogP contribution in [0.3, 0.4) is 0 Å². The molecule has 0 amide bonds. The highest BCUT2D eigenvalue weighted by Crippen LogP contribution is 2.45. The van der Waals surface area contributed by atoms with E-state index in [0.717, 1.165) is 50.1 Å². The lowest BCUT2D eigenvalue weighted by molar-refractivity contribution is 0.667. The molecular formula is C52H29N3OS2. The van der Waals surface area contributed by atoms with Gasteiger partial charge in [0.05, 0.1) is 11.0 Å². The normalized spacial score (nSPS) is 12.1. The van der Waals surface area contributed by atoms with Gasteiger partial charge in [-0.25, -0.2) is 9.97 Å². The molecule has 0 unspecified atom stereocenters. The Labute approximate surface area is 339 Å². The Morgan fingerprint density at radius 2 is 1.14 bits per heavy atom. The van der Waals surface area contributed by atoms with Crippen LogP contribution in [0.25, 0.3) is 123 Å². The standard InChI is InChI=1S/C52H29N3OS2/c1-4-19-42-40(16-1)47-43(24-23-39-37-15-3-6-21-46(37)58-52(39)47)55(42)34-13-8-10-30(27-34)31-22-25-44-41(28-31)49-50(56-44)48(53-29-54-49)33-12-7-11-32(26-33)35-17-9-18-38-36-14-2-5-20-45(36)57-51(35)38/h1-29H. The first kappa shape index (κ1) is 32.0. The molecule has 270 valence electrons. The molecule has 0 bridgehead atoms. The van der Waals surface area contributed by atoms with E-state index in [1.54, 1.807) is 6.33 Å². The number of rotatable bonds is 4. The molecule has 0 aliphatic carbocycles. The van der Waals surface area contributed by atoms with Gasteiger partial charge in [0.1, 0.15) is 23.1 Å². The fourth-order valence-electron chi connectivity index (χ4n) is 9.11. The van der Waals surface area contributed by atoms with Crippen LogP contribution in [0.15, 0.2) is 181 Å². The number of para-hydroxylation sites is 1. The summed E-state index contributed by atoms with van der Waals surface area (Å²) in [7, 11) is 0. The van der Waals surface area contributed by atoms with Gasteiger partial charge >= 0.3 is 0 Å². The second-order valence-corrected chi connectivity index (χ2v) is 17.0. The maximum absolute atomic E-state index is 6.59. The summed E-state index contributed by atoms with van der Waals surface area (Å²) in [6.07, 6.45) is 1.66. The van der Waals surface area contributed by atoms with Gasteiger partial charge in [-0.3, -0.25) is 0 Å². The Balaban J connectivity index is 0.924. The third kappa shape index (κ3) is 4.61. The van der Waals surface area contributed by atoms with Gasteiger partial charge in [-0.05, 0) is 76.9 Å². The maximum Gasteiger partial charge on any atom is 0.180 e. The van der Waals surface area contributed by atoms with Crippen molar-refractivity contribution >= 4 is 107 Å². The molecule has 0 saturated heterocycles. The third-order valence-electron chi connectivity index (χ3n) is 11.7. The van der Waals surface area contributed by atoms with E-state index in [2.05, 4.69) is 174 Å². The van der Waals surface area contributed by atoms with Crippen molar-refractivity contribution in [3.8, 4) is 39.2 Å². The van der Waals surface area contributed by atoms with Crippen molar-refractivity contribution in [3.05, 3.63) is 176 Å². The molecule has 0 spiro atoms. The molecule has 5 heterocycles. The highest BCUT2D eigenvalue weighted by atomic mass is 32.1. The monoisotopic (exact) mass is 775 g/mol. The molecule has 0 saturated carbocycles. The third-order valence-corrected chi connectivity index (χ3v) is 14.1. The molecule has 13 aromatic rings. The first-order chi connectivity index (χ1) is 28.7. The van der Waals surface area contributed by atoms with E-state index in [1.807, 2.05) is 22.7 Å². The molecule has 0 radical (unpaired) electrons. The lowest BCUT2D eigenvalue weighted by Gasteiger charge is -2.10. The highest BCUT2D eigenvalue weighted by molar-refractivity contribution is 7.27. The van der Waals surface area contributed by atoms with Crippen LogP contribution in [0.4, 0.5) is 0 Å². The lowest BCUT2D eigenvalue weighted by atomic mass is 9.99. The average molecular weight is 776 g/mol. The molecule has 13 rings (SSSR count). The van der Waals surface area contributed by atoms with E-state index in [9.17, 15) is 0 Å². The Morgan fingerprint density at radius 1 is 0.448 bits per heavy atom. The molecule has 4 nitrogen and oxygen atoms in total. The van der Waals surface area contributed by atoms with Crippen molar-refractivity contribution in [1.82, 2.24) is 14.5 Å². The number of fused-ring (bicyclic) bond motifs is 13. The SMILES string of the molecule is c1cc(-c2ncnc3c2oc2ccc(-c4cccc(-n5c6ccccc6c6c7sc8ccccc8c7ccc65)c4)cc23)cc(-c2cccc3c2sc2ccccc23)c1. The van der Waals surface area contributed by atoms with Gasteiger partial charge in [0, 0.05) is 67.8 Å². The second-order valence-electron chi connectivity index (χ2n) is 14.9. The average Bonchev–Trinajstić information content (AvgIpc) is 4.05. The maximum atomic E-state index is 6.59. The number of hydrogen-bond donors (Lipinski definition) is 0. The fraction of sp³-hybridized carbons (Fsp3) is 0. The van der Waals surface area contributed by atoms with Crippen molar-refractivity contribution in [3.63, 3.8) is 0 Å². The summed E-state index contributed by atoms with van der Waals surface area (Å²) < 4.78 is 14.3. The zero-order valence-corrected chi connectivity index (χ0v) is 32.4. The predicted molar refractivity (Wildman–Crippen MR) is 246 cm³/mol. The van der Waals surface area contributed by atoms with E-state index in [-0.39, 0.29) is 0 Å². The molecule has 0 fully saturated rings. The zero-order chi connectivity index (χ0) is 37.9. The van der Waals surface area contributed by atoms with Crippen LogP contribution < -0.4 is 0 Å². The molecule has 0 aliphatic heterocycles. The highest BCUT2D eigenvalue weighted by Gasteiger charge is 2.20. The van der Waals surface area contributed by atoms with Crippen molar-refractivity contribution in [1.29, 1.82) is 0 Å². The summed E-state index contributed by atoms with van der Waals surface area (Å²) in [6.45, 7) is 0. The van der Waals surface area contributed by atoms with Gasteiger partial charge in [0.2, 0.25) is 0 Å². The predicted octanol–water partition coefficient (Wildman–Crippen LogP) is 15.2. The minimum Gasteiger partial charge on any atom is -0.452 e. The molecule has 6 heteroatoms. The van der Waals surface area contributed by atoms with Crippen molar-refractivity contribution < 1.29 is 4.42 Å². The van der Waals surface area contributed by atoms with Crippen molar-refractivity contribution in [2.24, 2.45) is 0 Å². The molecule has 8 aromatic carbocycles. The van der Waals surface area contributed by atoms with Crippen LogP contribution in [-0.2, 0) is 0 Å². The fourth-order valence-corrected chi connectivity index (χ4v) is 11.6. The van der Waals surface area contributed by atoms with Gasteiger partial charge in [-0.2, -0.15) is 0 Å². The second kappa shape index (κ2) is 12.2. The van der Waals surface area contributed by atoms with Crippen LogP contribution in [-0.4, -0.2) is 14.5 Å².